The van der Waals surface area contributed by atoms with Gasteiger partial charge in [-0.25, -0.2) is 9.59 Å². The molecule has 4 N–H and O–H groups in total. The number of carbonyl (C=O) groups excluding carboxylic acids is 4. The lowest BCUT2D eigenvalue weighted by Gasteiger charge is -2.36. The van der Waals surface area contributed by atoms with Crippen molar-refractivity contribution in [1.29, 1.82) is 0 Å². The molecule has 3 atom stereocenters. The summed E-state index contributed by atoms with van der Waals surface area (Å²) >= 11 is 0. The number of anilines is 1. The maximum atomic E-state index is 13.6. The molecule has 1 aliphatic rings. The smallest absolute Gasteiger partial charge is 0.411 e. The predicted molar refractivity (Wildman–Crippen MR) is 181 cm³/mol. The SMILES string of the molecule is CN(C)C(C)(C)COC(C)(C)CNC(=O)c1cc(COC(=O)Nc2ccc(COC=O)cc2COC=O)ccc1O[C@H]1CC(O)C[C@@H](C(=O)O)O1. The zero-order chi connectivity index (χ0) is 37.8. The highest BCUT2D eigenvalue weighted by Crippen LogP contribution is 2.28. The summed E-state index contributed by atoms with van der Waals surface area (Å²) in [7, 11) is 3.89. The van der Waals surface area contributed by atoms with Crippen molar-refractivity contribution in [3.8, 4) is 5.75 Å². The van der Waals surface area contributed by atoms with Crippen LogP contribution in [0.3, 0.4) is 0 Å². The Hall–Kier alpha value is -4.77. The van der Waals surface area contributed by atoms with Gasteiger partial charge < -0.3 is 48.9 Å². The molecule has 2 aromatic carbocycles. The molecule has 2 aromatic rings. The normalized spacial score (nSPS) is 17.6. The van der Waals surface area contributed by atoms with Crippen LogP contribution >= 0.6 is 0 Å². The number of ether oxygens (including phenoxy) is 6. The topological polar surface area (TPSA) is 208 Å². The van der Waals surface area contributed by atoms with Crippen molar-refractivity contribution in [2.24, 2.45) is 0 Å². The van der Waals surface area contributed by atoms with Gasteiger partial charge >= 0.3 is 12.1 Å². The van der Waals surface area contributed by atoms with Crippen LogP contribution in [0.2, 0.25) is 0 Å². The van der Waals surface area contributed by atoms with E-state index in [1.54, 1.807) is 18.2 Å². The molecule has 0 radical (unpaired) electrons. The van der Waals surface area contributed by atoms with E-state index in [1.807, 2.05) is 46.7 Å². The van der Waals surface area contributed by atoms with Crippen molar-refractivity contribution in [2.75, 3.05) is 32.6 Å². The highest BCUT2D eigenvalue weighted by atomic mass is 16.7. The van der Waals surface area contributed by atoms with Gasteiger partial charge in [0.25, 0.3) is 18.9 Å². The van der Waals surface area contributed by atoms with Gasteiger partial charge in [-0.2, -0.15) is 0 Å². The number of amides is 2. The molecule has 0 saturated carbocycles. The molecule has 0 aliphatic carbocycles. The number of aliphatic carboxylic acids is 1. The van der Waals surface area contributed by atoms with Crippen LogP contribution in [0.5, 0.6) is 5.75 Å². The van der Waals surface area contributed by atoms with E-state index in [9.17, 15) is 34.2 Å². The molecular weight excluding hydrogens is 670 g/mol. The molecule has 2 amide bonds. The maximum Gasteiger partial charge on any atom is 0.411 e. The lowest BCUT2D eigenvalue weighted by Crippen LogP contribution is -2.48. The fourth-order valence-corrected chi connectivity index (χ4v) is 4.65. The third-order valence-electron chi connectivity index (χ3n) is 8.19. The van der Waals surface area contributed by atoms with E-state index in [2.05, 4.69) is 10.6 Å². The molecule has 280 valence electrons. The number of carbonyl (C=O) groups is 5. The van der Waals surface area contributed by atoms with Crippen molar-refractivity contribution in [3.05, 3.63) is 58.7 Å². The second kappa shape index (κ2) is 18.5. The third kappa shape index (κ3) is 12.8. The van der Waals surface area contributed by atoms with Gasteiger partial charge in [0.1, 0.15) is 25.6 Å². The average Bonchev–Trinajstić information content (AvgIpc) is 3.08. The molecule has 0 aromatic heterocycles. The molecule has 3 rings (SSSR count). The van der Waals surface area contributed by atoms with Gasteiger partial charge in [-0.1, -0.05) is 12.1 Å². The summed E-state index contributed by atoms with van der Waals surface area (Å²) in [5.74, 6) is -1.75. The second-order valence-corrected chi connectivity index (χ2v) is 13.4. The average molecular weight is 718 g/mol. The van der Waals surface area contributed by atoms with Crippen LogP contribution in [-0.4, -0.2) is 103 Å². The van der Waals surface area contributed by atoms with E-state index in [0.29, 0.717) is 29.8 Å². The number of aliphatic hydroxyl groups excluding tert-OH is 1. The molecule has 16 nitrogen and oxygen atoms in total. The van der Waals surface area contributed by atoms with Gasteiger partial charge in [0.2, 0.25) is 6.29 Å². The Balaban J connectivity index is 1.78. The Morgan fingerprint density at radius 3 is 2.29 bits per heavy atom. The zero-order valence-corrected chi connectivity index (χ0v) is 29.6. The number of benzene rings is 2. The van der Waals surface area contributed by atoms with Gasteiger partial charge in [-0.3, -0.25) is 19.7 Å². The first-order chi connectivity index (χ1) is 24.0. The Kier molecular flexibility index (Phi) is 14.7. The van der Waals surface area contributed by atoms with Gasteiger partial charge in [-0.05, 0) is 77.2 Å². The molecular formula is C35H47N3O13. The number of hydrogen-bond donors (Lipinski definition) is 4. The number of aliphatic hydroxyl groups is 1. The van der Waals surface area contributed by atoms with E-state index in [4.69, 9.17) is 28.4 Å². The minimum absolute atomic E-state index is 0.0231. The molecule has 0 spiro atoms. The summed E-state index contributed by atoms with van der Waals surface area (Å²) < 4.78 is 32.6. The summed E-state index contributed by atoms with van der Waals surface area (Å²) in [4.78, 5) is 61.3. The van der Waals surface area contributed by atoms with Gasteiger partial charge in [-0.15, -0.1) is 0 Å². The van der Waals surface area contributed by atoms with E-state index < -0.39 is 42.1 Å². The highest BCUT2D eigenvalue weighted by molar-refractivity contribution is 5.97. The number of nitrogens with one attached hydrogen (secondary N) is 2. The number of nitrogens with zero attached hydrogens (tertiary/aromatic N) is 1. The fourth-order valence-electron chi connectivity index (χ4n) is 4.65. The van der Waals surface area contributed by atoms with E-state index in [-0.39, 0.29) is 68.2 Å². The maximum absolute atomic E-state index is 13.6. The largest absolute Gasteiger partial charge is 0.479 e. The van der Waals surface area contributed by atoms with E-state index in [0.717, 1.165) is 0 Å². The molecule has 1 fully saturated rings. The summed E-state index contributed by atoms with van der Waals surface area (Å²) in [5.41, 5.74) is 0.725. The summed E-state index contributed by atoms with van der Waals surface area (Å²) in [5, 5.41) is 25.1. The summed E-state index contributed by atoms with van der Waals surface area (Å²) in [6.07, 6.45) is -4.43. The minimum Gasteiger partial charge on any atom is -0.479 e. The number of carboxylic acid groups (broad SMARTS) is 1. The Labute approximate surface area is 296 Å². The summed E-state index contributed by atoms with van der Waals surface area (Å²) in [6.45, 7) is 8.34. The molecule has 16 heteroatoms. The molecule has 0 bridgehead atoms. The first-order valence-corrected chi connectivity index (χ1v) is 16.1. The number of rotatable bonds is 19. The lowest BCUT2D eigenvalue weighted by atomic mass is 10.0. The standard InChI is InChI=1S/C35H47N3O13/c1-34(2,38(5)6)19-49-35(3,4)18-36-31(42)26-12-23(8-10-28(26)50-30-14-25(41)13-29(51-30)32(43)44)16-48-33(45)37-27-9-7-22(15-46-20-39)11-24(27)17-47-21-40/h7-12,20-21,25,29-30,41H,13-19H2,1-6H3,(H,36,42)(H,37,45)(H,43,44)/t25?,29-,30+/m0/s1. The van der Waals surface area contributed by atoms with Crippen molar-refractivity contribution >= 4 is 36.6 Å². The summed E-state index contributed by atoms with van der Waals surface area (Å²) in [6, 6.07) is 9.21. The lowest BCUT2D eigenvalue weighted by molar-refractivity contribution is -0.195. The molecule has 1 heterocycles. The van der Waals surface area contributed by atoms with Crippen LogP contribution in [0.1, 0.15) is 67.6 Å². The van der Waals surface area contributed by atoms with Gasteiger partial charge in [0.15, 0.2) is 6.10 Å². The zero-order valence-electron chi connectivity index (χ0n) is 29.6. The first-order valence-electron chi connectivity index (χ1n) is 16.1. The van der Waals surface area contributed by atoms with Crippen LogP contribution in [0.4, 0.5) is 10.5 Å². The Morgan fingerprint density at radius 2 is 1.63 bits per heavy atom. The number of carboxylic acids is 1. The first kappa shape index (κ1) is 40.7. The monoisotopic (exact) mass is 717 g/mol. The van der Waals surface area contributed by atoms with E-state index >= 15 is 0 Å². The number of likely N-dealkylation sites (N-methyl/N-ethyl adjacent to an activating group) is 1. The predicted octanol–water partition coefficient (Wildman–Crippen LogP) is 2.98. The molecule has 1 saturated heterocycles. The second-order valence-electron chi connectivity index (χ2n) is 13.4. The van der Waals surface area contributed by atoms with Crippen LogP contribution < -0.4 is 15.4 Å². The third-order valence-corrected chi connectivity index (χ3v) is 8.19. The van der Waals surface area contributed by atoms with Crippen LogP contribution in [0, 0.1) is 0 Å². The Morgan fingerprint density at radius 1 is 0.961 bits per heavy atom. The molecule has 1 aliphatic heterocycles. The van der Waals surface area contributed by atoms with Gasteiger partial charge in [0, 0.05) is 30.5 Å². The highest BCUT2D eigenvalue weighted by Gasteiger charge is 2.35. The van der Waals surface area contributed by atoms with Crippen molar-refractivity contribution in [2.45, 2.75) is 90.0 Å². The quantitative estimate of drug-likeness (QED) is 0.122. The van der Waals surface area contributed by atoms with Crippen LogP contribution in [0.15, 0.2) is 36.4 Å². The van der Waals surface area contributed by atoms with Gasteiger partial charge in [0.05, 0.1) is 29.6 Å². The van der Waals surface area contributed by atoms with Crippen molar-refractivity contribution in [3.63, 3.8) is 0 Å². The van der Waals surface area contributed by atoms with Crippen molar-refractivity contribution in [1.82, 2.24) is 10.2 Å². The molecule has 1 unspecified atom stereocenters. The van der Waals surface area contributed by atoms with E-state index in [1.165, 1.54) is 18.2 Å². The fraction of sp³-hybridized carbons (Fsp3) is 0.514. The van der Waals surface area contributed by atoms with Crippen LogP contribution in [0.25, 0.3) is 0 Å². The minimum atomic E-state index is -1.29. The Bertz CT molecular complexity index is 1530. The van der Waals surface area contributed by atoms with Crippen LogP contribution in [-0.2, 0) is 57.9 Å². The number of hydrogen-bond acceptors (Lipinski definition) is 13. The molecule has 51 heavy (non-hydrogen) atoms. The van der Waals surface area contributed by atoms with Crippen molar-refractivity contribution < 1.29 is 62.6 Å².